The van der Waals surface area contributed by atoms with Crippen LogP contribution in [0.15, 0.2) is 60.7 Å². The SMILES string of the molecule is CC(C)c1ccc(C(O)C=Cc2ccccc2)cc1. The van der Waals surface area contributed by atoms with E-state index in [2.05, 4.69) is 26.0 Å². The molecule has 0 radical (unpaired) electrons. The zero-order valence-corrected chi connectivity index (χ0v) is 11.5. The van der Waals surface area contributed by atoms with E-state index in [-0.39, 0.29) is 0 Å². The Morgan fingerprint density at radius 2 is 1.42 bits per heavy atom. The number of hydrogen-bond donors (Lipinski definition) is 1. The van der Waals surface area contributed by atoms with Crippen molar-refractivity contribution in [3.63, 3.8) is 0 Å². The van der Waals surface area contributed by atoms with Crippen molar-refractivity contribution in [1.29, 1.82) is 0 Å². The zero-order valence-electron chi connectivity index (χ0n) is 11.5. The predicted octanol–water partition coefficient (Wildman–Crippen LogP) is 4.56. The number of rotatable bonds is 4. The summed E-state index contributed by atoms with van der Waals surface area (Å²) < 4.78 is 0. The van der Waals surface area contributed by atoms with E-state index in [0.29, 0.717) is 5.92 Å². The highest BCUT2D eigenvalue weighted by molar-refractivity contribution is 5.50. The van der Waals surface area contributed by atoms with Crippen LogP contribution >= 0.6 is 0 Å². The standard InChI is InChI=1S/C18H20O/c1-14(2)16-9-11-17(12-10-16)18(19)13-8-15-6-4-3-5-7-15/h3-14,18-19H,1-2H3. The number of aliphatic hydroxyl groups excluding tert-OH is 1. The summed E-state index contributed by atoms with van der Waals surface area (Å²) in [6, 6.07) is 18.2. The molecule has 0 aliphatic heterocycles. The van der Waals surface area contributed by atoms with Gasteiger partial charge in [-0.2, -0.15) is 0 Å². The Hall–Kier alpha value is -1.86. The van der Waals surface area contributed by atoms with Gasteiger partial charge in [0.05, 0.1) is 6.10 Å². The first-order chi connectivity index (χ1) is 9.16. The lowest BCUT2D eigenvalue weighted by Gasteiger charge is -2.09. The first kappa shape index (κ1) is 13.6. The molecule has 0 amide bonds. The summed E-state index contributed by atoms with van der Waals surface area (Å²) in [7, 11) is 0. The van der Waals surface area contributed by atoms with Crippen LogP contribution in [0.2, 0.25) is 0 Å². The monoisotopic (exact) mass is 252 g/mol. The Balaban J connectivity index is 2.07. The Labute approximate surface area is 115 Å². The molecule has 0 fully saturated rings. The van der Waals surface area contributed by atoms with Crippen LogP contribution in [0.25, 0.3) is 6.08 Å². The fraction of sp³-hybridized carbons (Fsp3) is 0.222. The molecule has 98 valence electrons. The normalized spacial score (nSPS) is 13.1. The fourth-order valence-corrected chi connectivity index (χ4v) is 1.96. The first-order valence-corrected chi connectivity index (χ1v) is 6.68. The van der Waals surface area contributed by atoms with Gasteiger partial charge in [-0.05, 0) is 22.6 Å². The van der Waals surface area contributed by atoms with Gasteiger partial charge in [0, 0.05) is 0 Å². The summed E-state index contributed by atoms with van der Waals surface area (Å²) in [5.74, 6) is 0.519. The highest BCUT2D eigenvalue weighted by Gasteiger charge is 2.04. The van der Waals surface area contributed by atoms with Crippen LogP contribution in [0.3, 0.4) is 0 Å². The lowest BCUT2D eigenvalue weighted by Crippen LogP contribution is -1.94. The molecule has 1 atom stereocenters. The van der Waals surface area contributed by atoms with Crippen molar-refractivity contribution in [1.82, 2.24) is 0 Å². The topological polar surface area (TPSA) is 20.2 Å². The molecule has 2 aromatic carbocycles. The van der Waals surface area contributed by atoms with E-state index in [1.165, 1.54) is 5.56 Å². The summed E-state index contributed by atoms with van der Waals surface area (Å²) in [4.78, 5) is 0. The Bertz CT molecular complexity index is 523. The van der Waals surface area contributed by atoms with Crippen molar-refractivity contribution in [2.75, 3.05) is 0 Å². The van der Waals surface area contributed by atoms with Crippen LogP contribution in [0.4, 0.5) is 0 Å². The van der Waals surface area contributed by atoms with Gasteiger partial charge in [-0.25, -0.2) is 0 Å². The van der Waals surface area contributed by atoms with Crippen LogP contribution in [-0.2, 0) is 0 Å². The maximum absolute atomic E-state index is 10.1. The summed E-state index contributed by atoms with van der Waals surface area (Å²) in [6.45, 7) is 4.33. The highest BCUT2D eigenvalue weighted by Crippen LogP contribution is 2.20. The predicted molar refractivity (Wildman–Crippen MR) is 81.0 cm³/mol. The minimum Gasteiger partial charge on any atom is -0.384 e. The molecule has 0 aliphatic carbocycles. The number of aliphatic hydroxyl groups is 1. The maximum atomic E-state index is 10.1. The second-order valence-corrected chi connectivity index (χ2v) is 5.04. The maximum Gasteiger partial charge on any atom is 0.0975 e. The second-order valence-electron chi connectivity index (χ2n) is 5.04. The molecule has 1 N–H and O–H groups in total. The van der Waals surface area contributed by atoms with Crippen LogP contribution in [-0.4, -0.2) is 5.11 Å². The molecule has 19 heavy (non-hydrogen) atoms. The molecule has 1 heteroatoms. The molecular weight excluding hydrogens is 232 g/mol. The van der Waals surface area contributed by atoms with Crippen LogP contribution in [0.5, 0.6) is 0 Å². The number of benzene rings is 2. The zero-order chi connectivity index (χ0) is 13.7. The van der Waals surface area contributed by atoms with Crippen molar-refractivity contribution >= 4 is 6.08 Å². The summed E-state index contributed by atoms with van der Waals surface area (Å²) in [5.41, 5.74) is 3.32. The van der Waals surface area contributed by atoms with E-state index >= 15 is 0 Å². The minimum absolute atomic E-state index is 0.519. The quantitative estimate of drug-likeness (QED) is 0.846. The third-order valence-corrected chi connectivity index (χ3v) is 3.22. The molecule has 0 aromatic heterocycles. The van der Waals surface area contributed by atoms with Gasteiger partial charge in [-0.15, -0.1) is 0 Å². The van der Waals surface area contributed by atoms with Crippen molar-refractivity contribution in [2.45, 2.75) is 25.9 Å². The summed E-state index contributed by atoms with van der Waals surface area (Å²) in [6.07, 6.45) is 3.21. The molecule has 0 aliphatic rings. The first-order valence-electron chi connectivity index (χ1n) is 6.68. The van der Waals surface area contributed by atoms with Gasteiger partial charge in [0.25, 0.3) is 0 Å². The van der Waals surface area contributed by atoms with E-state index in [1.807, 2.05) is 54.6 Å². The molecule has 0 bridgehead atoms. The largest absolute Gasteiger partial charge is 0.384 e. The van der Waals surface area contributed by atoms with Crippen LogP contribution < -0.4 is 0 Å². The second kappa shape index (κ2) is 6.35. The van der Waals surface area contributed by atoms with Gasteiger partial charge in [-0.3, -0.25) is 0 Å². The summed E-state index contributed by atoms with van der Waals surface area (Å²) >= 11 is 0. The molecular formula is C18H20O. The minimum atomic E-state index is -0.554. The Morgan fingerprint density at radius 1 is 0.842 bits per heavy atom. The van der Waals surface area contributed by atoms with Gasteiger partial charge < -0.3 is 5.11 Å². The van der Waals surface area contributed by atoms with E-state index in [4.69, 9.17) is 0 Å². The molecule has 0 heterocycles. The third-order valence-electron chi connectivity index (χ3n) is 3.22. The van der Waals surface area contributed by atoms with Crippen molar-refractivity contribution in [2.24, 2.45) is 0 Å². The van der Waals surface area contributed by atoms with Crippen LogP contribution in [0.1, 0.15) is 42.6 Å². The van der Waals surface area contributed by atoms with Crippen molar-refractivity contribution < 1.29 is 5.11 Å². The molecule has 0 saturated heterocycles. The van der Waals surface area contributed by atoms with E-state index in [0.717, 1.165) is 11.1 Å². The van der Waals surface area contributed by atoms with Gasteiger partial charge in [0.15, 0.2) is 0 Å². The molecule has 0 spiro atoms. The molecule has 2 rings (SSSR count). The molecule has 2 aromatic rings. The van der Waals surface area contributed by atoms with Crippen molar-refractivity contribution in [3.05, 3.63) is 77.4 Å². The highest BCUT2D eigenvalue weighted by atomic mass is 16.3. The number of hydrogen-bond acceptors (Lipinski definition) is 1. The average molecular weight is 252 g/mol. The van der Waals surface area contributed by atoms with Gasteiger partial charge in [0.2, 0.25) is 0 Å². The lowest BCUT2D eigenvalue weighted by atomic mass is 9.99. The molecule has 1 unspecified atom stereocenters. The van der Waals surface area contributed by atoms with E-state index < -0.39 is 6.10 Å². The van der Waals surface area contributed by atoms with Gasteiger partial charge >= 0.3 is 0 Å². The van der Waals surface area contributed by atoms with Crippen LogP contribution in [0, 0.1) is 0 Å². The summed E-state index contributed by atoms with van der Waals surface area (Å²) in [5, 5.41) is 10.1. The average Bonchev–Trinajstić information content (AvgIpc) is 2.46. The molecule has 1 nitrogen and oxygen atoms in total. The third kappa shape index (κ3) is 3.80. The fourth-order valence-electron chi connectivity index (χ4n) is 1.96. The van der Waals surface area contributed by atoms with E-state index in [1.54, 1.807) is 0 Å². The lowest BCUT2D eigenvalue weighted by molar-refractivity contribution is 0.229. The Kier molecular flexibility index (Phi) is 4.53. The smallest absolute Gasteiger partial charge is 0.0975 e. The van der Waals surface area contributed by atoms with Gasteiger partial charge in [-0.1, -0.05) is 80.6 Å². The molecule has 0 saturated carbocycles. The van der Waals surface area contributed by atoms with E-state index in [9.17, 15) is 5.11 Å². The van der Waals surface area contributed by atoms with Gasteiger partial charge in [0.1, 0.15) is 0 Å². The Morgan fingerprint density at radius 3 is 2.00 bits per heavy atom. The van der Waals surface area contributed by atoms with Crippen molar-refractivity contribution in [3.8, 4) is 0 Å².